The molecule has 1 heterocycles. The van der Waals surface area contributed by atoms with Gasteiger partial charge in [0.05, 0.1) is 14.2 Å². The van der Waals surface area contributed by atoms with Crippen LogP contribution in [0.25, 0.3) is 0 Å². The molecule has 0 spiro atoms. The van der Waals surface area contributed by atoms with Crippen LogP contribution in [0.15, 0.2) is 6.07 Å². The zero-order valence-electron chi connectivity index (χ0n) is 11.1. The lowest BCUT2D eigenvalue weighted by molar-refractivity contribution is -0.145. The van der Waals surface area contributed by atoms with E-state index < -0.39 is 11.5 Å². The van der Waals surface area contributed by atoms with Gasteiger partial charge in [0, 0.05) is 12.1 Å². The molecule has 1 aromatic rings. The molecule has 1 aliphatic rings. The van der Waals surface area contributed by atoms with Crippen LogP contribution in [0.2, 0.25) is 0 Å². The lowest BCUT2D eigenvalue weighted by Gasteiger charge is -2.34. The number of ether oxygens (including phenoxy) is 2. The minimum Gasteiger partial charge on any atom is -0.504 e. The van der Waals surface area contributed by atoms with Crippen LogP contribution in [-0.4, -0.2) is 36.9 Å². The van der Waals surface area contributed by atoms with Crippen molar-refractivity contribution in [3.8, 4) is 17.2 Å². The molecule has 19 heavy (non-hydrogen) atoms. The molecule has 1 aromatic carbocycles. The van der Waals surface area contributed by atoms with Gasteiger partial charge < -0.3 is 19.7 Å². The van der Waals surface area contributed by atoms with E-state index in [1.165, 1.54) is 21.1 Å². The maximum absolute atomic E-state index is 11.5. The summed E-state index contributed by atoms with van der Waals surface area (Å²) in [5, 5.41) is 22.7. The highest BCUT2D eigenvalue weighted by molar-refractivity contribution is 5.83. The minimum atomic E-state index is -1.34. The van der Waals surface area contributed by atoms with Gasteiger partial charge in [-0.2, -0.15) is 0 Å². The lowest BCUT2D eigenvalue weighted by Crippen LogP contribution is -2.50. The molecule has 0 saturated carbocycles. The van der Waals surface area contributed by atoms with E-state index in [1.54, 1.807) is 6.07 Å². The number of aromatic hydroxyl groups is 1. The summed E-state index contributed by atoms with van der Waals surface area (Å²) < 4.78 is 10.3. The van der Waals surface area contributed by atoms with Crippen molar-refractivity contribution in [3.63, 3.8) is 0 Å². The average molecular weight is 267 g/mol. The van der Waals surface area contributed by atoms with Crippen molar-refractivity contribution in [1.82, 2.24) is 5.32 Å². The summed E-state index contributed by atoms with van der Waals surface area (Å²) >= 11 is 0. The zero-order valence-corrected chi connectivity index (χ0v) is 11.1. The standard InChI is InChI=1S/C13H17NO5/c1-13(12(16)17)9-7(4-5-14-13)6-8(18-2)11(19-3)10(9)15/h6,14-15H,4-5H2,1-3H3,(H,16,17)/t13-/m0/s1. The topological polar surface area (TPSA) is 88.0 Å². The van der Waals surface area contributed by atoms with Crippen LogP contribution < -0.4 is 14.8 Å². The molecule has 0 amide bonds. The first kappa shape index (κ1) is 13.5. The van der Waals surface area contributed by atoms with E-state index in [2.05, 4.69) is 5.32 Å². The monoisotopic (exact) mass is 267 g/mol. The molecule has 1 atom stereocenters. The summed E-state index contributed by atoms with van der Waals surface area (Å²) in [6.45, 7) is 2.05. The van der Waals surface area contributed by atoms with Gasteiger partial charge in [0.25, 0.3) is 0 Å². The van der Waals surface area contributed by atoms with Gasteiger partial charge in [-0.05, 0) is 25.0 Å². The maximum atomic E-state index is 11.5. The predicted molar refractivity (Wildman–Crippen MR) is 67.9 cm³/mol. The summed E-state index contributed by atoms with van der Waals surface area (Å²) in [6.07, 6.45) is 0.617. The average Bonchev–Trinajstić information content (AvgIpc) is 2.38. The van der Waals surface area contributed by atoms with E-state index in [4.69, 9.17) is 9.47 Å². The number of phenols is 1. The smallest absolute Gasteiger partial charge is 0.328 e. The zero-order chi connectivity index (χ0) is 14.2. The quantitative estimate of drug-likeness (QED) is 0.752. The SMILES string of the molecule is COc1cc2c(c(O)c1OC)[C@@](C)(C(=O)O)NCC2. The number of rotatable bonds is 3. The maximum Gasteiger partial charge on any atom is 0.328 e. The molecule has 0 aromatic heterocycles. The van der Waals surface area contributed by atoms with E-state index in [9.17, 15) is 15.0 Å². The van der Waals surface area contributed by atoms with Crippen molar-refractivity contribution in [1.29, 1.82) is 0 Å². The van der Waals surface area contributed by atoms with Crippen molar-refractivity contribution in [3.05, 3.63) is 17.2 Å². The van der Waals surface area contributed by atoms with E-state index in [-0.39, 0.29) is 11.5 Å². The first-order valence-electron chi connectivity index (χ1n) is 5.91. The number of hydrogen-bond acceptors (Lipinski definition) is 5. The molecule has 6 nitrogen and oxygen atoms in total. The number of aliphatic carboxylic acids is 1. The number of methoxy groups -OCH3 is 2. The molecule has 0 bridgehead atoms. The molecule has 0 saturated heterocycles. The fraction of sp³-hybridized carbons (Fsp3) is 0.462. The summed E-state index contributed by atoms with van der Waals surface area (Å²) in [5.74, 6) is -0.685. The number of benzene rings is 1. The molecular weight excluding hydrogens is 250 g/mol. The largest absolute Gasteiger partial charge is 0.504 e. The Balaban J connectivity index is 2.74. The van der Waals surface area contributed by atoms with E-state index in [0.717, 1.165) is 5.56 Å². The number of nitrogens with one attached hydrogen (secondary N) is 1. The highest BCUT2D eigenvalue weighted by Gasteiger charge is 2.42. The highest BCUT2D eigenvalue weighted by Crippen LogP contribution is 2.46. The number of hydrogen-bond donors (Lipinski definition) is 3. The molecule has 3 N–H and O–H groups in total. The van der Waals surface area contributed by atoms with Gasteiger partial charge in [-0.3, -0.25) is 5.32 Å². The van der Waals surface area contributed by atoms with Crippen LogP contribution in [0.3, 0.4) is 0 Å². The normalized spacial score (nSPS) is 21.6. The van der Waals surface area contributed by atoms with Gasteiger partial charge in [0.2, 0.25) is 5.75 Å². The van der Waals surface area contributed by atoms with Crippen LogP contribution >= 0.6 is 0 Å². The molecular formula is C13H17NO5. The van der Waals surface area contributed by atoms with Gasteiger partial charge in [0.1, 0.15) is 5.54 Å². The number of phenolic OH excluding ortho intramolecular Hbond substituents is 1. The minimum absolute atomic E-state index is 0.150. The fourth-order valence-corrected chi connectivity index (χ4v) is 2.50. The Morgan fingerprint density at radius 3 is 2.63 bits per heavy atom. The second-order valence-electron chi connectivity index (χ2n) is 4.60. The van der Waals surface area contributed by atoms with Crippen LogP contribution in [0, 0.1) is 0 Å². The molecule has 1 aliphatic heterocycles. The van der Waals surface area contributed by atoms with Crippen LogP contribution in [-0.2, 0) is 16.8 Å². The third-order valence-corrected chi connectivity index (χ3v) is 3.53. The van der Waals surface area contributed by atoms with Crippen LogP contribution in [0.4, 0.5) is 0 Å². The van der Waals surface area contributed by atoms with E-state index in [1.807, 2.05) is 0 Å². The van der Waals surface area contributed by atoms with Gasteiger partial charge >= 0.3 is 5.97 Å². The van der Waals surface area contributed by atoms with Crippen molar-refractivity contribution in [2.24, 2.45) is 0 Å². The third-order valence-electron chi connectivity index (χ3n) is 3.53. The third kappa shape index (κ3) is 1.88. The molecule has 6 heteroatoms. The Labute approximate surface area is 111 Å². The van der Waals surface area contributed by atoms with Crippen LogP contribution in [0.5, 0.6) is 17.2 Å². The Bertz CT molecular complexity index is 528. The summed E-state index contributed by atoms with van der Waals surface area (Å²) in [7, 11) is 2.87. The number of carboxylic acid groups (broad SMARTS) is 1. The Hall–Kier alpha value is -1.95. The second kappa shape index (κ2) is 4.62. The molecule has 0 unspecified atom stereocenters. The Morgan fingerprint density at radius 1 is 1.42 bits per heavy atom. The summed E-state index contributed by atoms with van der Waals surface area (Å²) in [5.41, 5.74) is -0.250. The van der Waals surface area contributed by atoms with Gasteiger partial charge in [-0.1, -0.05) is 0 Å². The van der Waals surface area contributed by atoms with Crippen molar-refractivity contribution >= 4 is 5.97 Å². The van der Waals surface area contributed by atoms with E-state index in [0.29, 0.717) is 24.3 Å². The number of fused-ring (bicyclic) bond motifs is 1. The van der Waals surface area contributed by atoms with Crippen molar-refractivity contribution in [2.45, 2.75) is 18.9 Å². The first-order chi connectivity index (χ1) is 8.95. The van der Waals surface area contributed by atoms with Crippen molar-refractivity contribution < 1.29 is 24.5 Å². The Morgan fingerprint density at radius 2 is 2.11 bits per heavy atom. The molecule has 0 fully saturated rings. The molecule has 0 radical (unpaired) electrons. The number of carbonyl (C=O) groups is 1. The molecule has 0 aliphatic carbocycles. The van der Waals surface area contributed by atoms with Crippen LogP contribution in [0.1, 0.15) is 18.1 Å². The second-order valence-corrected chi connectivity index (χ2v) is 4.60. The molecule has 2 rings (SSSR count). The highest BCUT2D eigenvalue weighted by atomic mass is 16.5. The summed E-state index contributed by atoms with van der Waals surface area (Å²) in [4.78, 5) is 11.5. The summed E-state index contributed by atoms with van der Waals surface area (Å²) in [6, 6.07) is 1.72. The van der Waals surface area contributed by atoms with Gasteiger partial charge in [-0.15, -0.1) is 0 Å². The Kier molecular flexibility index (Phi) is 3.28. The van der Waals surface area contributed by atoms with Gasteiger partial charge in [0.15, 0.2) is 11.5 Å². The van der Waals surface area contributed by atoms with Gasteiger partial charge in [-0.25, -0.2) is 4.79 Å². The van der Waals surface area contributed by atoms with Crippen molar-refractivity contribution in [2.75, 3.05) is 20.8 Å². The fourth-order valence-electron chi connectivity index (χ4n) is 2.50. The molecule has 104 valence electrons. The predicted octanol–water partition coefficient (Wildman–Crippen LogP) is 0.855. The first-order valence-corrected chi connectivity index (χ1v) is 5.91. The van der Waals surface area contributed by atoms with E-state index >= 15 is 0 Å². The lowest BCUT2D eigenvalue weighted by atomic mass is 9.82. The number of carboxylic acids is 1.